The molecule has 0 aromatic heterocycles. The molecule has 0 radical (unpaired) electrons. The second-order valence-corrected chi connectivity index (χ2v) is 4.59. The Morgan fingerprint density at radius 2 is 1.93 bits per heavy atom. The molecule has 0 saturated carbocycles. The van der Waals surface area contributed by atoms with Gasteiger partial charge in [-0.2, -0.15) is 0 Å². The molecule has 0 fully saturated rings. The Morgan fingerprint density at radius 3 is 2.29 bits per heavy atom. The van der Waals surface area contributed by atoms with Gasteiger partial charge in [-0.1, -0.05) is 13.8 Å². The zero-order valence-electron chi connectivity index (χ0n) is 9.83. The minimum absolute atomic E-state index is 0.326. The van der Waals surface area contributed by atoms with Crippen LogP contribution in [0.15, 0.2) is 0 Å². The van der Waals surface area contributed by atoms with Gasteiger partial charge in [-0.05, 0) is 33.1 Å². The van der Waals surface area contributed by atoms with Gasteiger partial charge >= 0.3 is 5.97 Å². The van der Waals surface area contributed by atoms with Crippen molar-refractivity contribution in [3.05, 3.63) is 0 Å². The van der Waals surface area contributed by atoms with Crippen LogP contribution in [0.25, 0.3) is 0 Å². The van der Waals surface area contributed by atoms with Crippen LogP contribution < -0.4 is 0 Å². The van der Waals surface area contributed by atoms with E-state index in [1.54, 1.807) is 20.8 Å². The van der Waals surface area contributed by atoms with Crippen LogP contribution in [0.1, 0.15) is 41.0 Å². The highest BCUT2D eigenvalue weighted by Gasteiger charge is 2.37. The van der Waals surface area contributed by atoms with E-state index in [-0.39, 0.29) is 5.97 Å². The topological polar surface area (TPSA) is 46.5 Å². The first-order chi connectivity index (χ1) is 6.32. The van der Waals surface area contributed by atoms with Gasteiger partial charge < -0.3 is 9.84 Å². The lowest BCUT2D eigenvalue weighted by molar-refractivity contribution is -0.160. The molecule has 3 nitrogen and oxygen atoms in total. The van der Waals surface area contributed by atoms with Crippen LogP contribution in [-0.4, -0.2) is 23.8 Å². The van der Waals surface area contributed by atoms with Crippen LogP contribution in [0.4, 0.5) is 0 Å². The first-order valence-electron chi connectivity index (χ1n) is 5.17. The molecule has 0 amide bonds. The van der Waals surface area contributed by atoms with Crippen molar-refractivity contribution < 1.29 is 14.6 Å². The number of carbonyl (C=O) groups is 1. The van der Waals surface area contributed by atoms with E-state index in [0.717, 1.165) is 0 Å². The highest BCUT2D eigenvalue weighted by Crippen LogP contribution is 2.27. The molecule has 0 heterocycles. The van der Waals surface area contributed by atoms with Crippen molar-refractivity contribution >= 4 is 5.97 Å². The molecule has 0 aliphatic heterocycles. The molecule has 0 rings (SSSR count). The molecular weight excluding hydrogens is 180 g/mol. The number of aliphatic hydroxyl groups is 1. The summed E-state index contributed by atoms with van der Waals surface area (Å²) in [5, 5.41) is 9.84. The molecule has 0 bridgehead atoms. The summed E-state index contributed by atoms with van der Waals surface area (Å²) in [6, 6.07) is 0. The van der Waals surface area contributed by atoms with E-state index in [1.807, 2.05) is 13.8 Å². The van der Waals surface area contributed by atoms with Crippen molar-refractivity contribution in [2.45, 2.75) is 47.1 Å². The fourth-order valence-corrected chi connectivity index (χ4v) is 1.19. The highest BCUT2D eigenvalue weighted by molar-refractivity contribution is 5.76. The van der Waals surface area contributed by atoms with Crippen LogP contribution in [-0.2, 0) is 9.53 Å². The van der Waals surface area contributed by atoms with Crippen LogP contribution in [0, 0.1) is 11.3 Å². The predicted molar refractivity (Wildman–Crippen MR) is 55.9 cm³/mol. The summed E-state index contributed by atoms with van der Waals surface area (Å²) in [5.41, 5.74) is -0.805. The highest BCUT2D eigenvalue weighted by atomic mass is 16.5. The van der Waals surface area contributed by atoms with Crippen molar-refractivity contribution in [1.82, 2.24) is 0 Å². The summed E-state index contributed by atoms with van der Waals surface area (Å²) in [7, 11) is 0. The number of esters is 1. The molecule has 3 heteroatoms. The van der Waals surface area contributed by atoms with E-state index in [2.05, 4.69) is 0 Å². The second-order valence-electron chi connectivity index (χ2n) is 4.59. The Labute approximate surface area is 86.5 Å². The van der Waals surface area contributed by atoms with E-state index in [1.165, 1.54) is 0 Å². The van der Waals surface area contributed by atoms with Crippen LogP contribution in [0.5, 0.6) is 0 Å². The number of hydrogen-bond acceptors (Lipinski definition) is 3. The van der Waals surface area contributed by atoms with Gasteiger partial charge in [0.15, 0.2) is 0 Å². The maximum absolute atomic E-state index is 11.5. The molecule has 1 N–H and O–H groups in total. The van der Waals surface area contributed by atoms with Crippen LogP contribution in [0.3, 0.4) is 0 Å². The Morgan fingerprint density at radius 1 is 1.43 bits per heavy atom. The summed E-state index contributed by atoms with van der Waals surface area (Å²) in [6.45, 7) is 9.60. The molecule has 1 unspecified atom stereocenters. The predicted octanol–water partition coefficient (Wildman–Crippen LogP) is 1.98. The molecule has 0 aromatic rings. The zero-order valence-corrected chi connectivity index (χ0v) is 9.83. The molecule has 1 atom stereocenters. The smallest absolute Gasteiger partial charge is 0.314 e. The first-order valence-corrected chi connectivity index (χ1v) is 5.17. The van der Waals surface area contributed by atoms with E-state index >= 15 is 0 Å². The first kappa shape index (κ1) is 13.4. The molecule has 0 saturated heterocycles. The summed E-state index contributed by atoms with van der Waals surface area (Å²) in [4.78, 5) is 11.5. The normalized spacial score (nSPS) is 14.2. The summed E-state index contributed by atoms with van der Waals surface area (Å²) >= 11 is 0. The standard InChI is InChI=1S/C11H22O3/c1-6-14-10(13)11(4,5)9(12)7-8(2)3/h8-9,12H,6-7H2,1-5H3. The quantitative estimate of drug-likeness (QED) is 0.693. The van der Waals surface area contributed by atoms with Gasteiger partial charge in [-0.25, -0.2) is 0 Å². The van der Waals surface area contributed by atoms with E-state index in [0.29, 0.717) is 18.9 Å². The maximum atomic E-state index is 11.5. The number of carbonyl (C=O) groups excluding carboxylic acids is 1. The van der Waals surface area contributed by atoms with Crippen molar-refractivity contribution in [3.8, 4) is 0 Å². The van der Waals surface area contributed by atoms with Crippen molar-refractivity contribution in [3.63, 3.8) is 0 Å². The van der Waals surface area contributed by atoms with Crippen molar-refractivity contribution in [2.75, 3.05) is 6.61 Å². The number of hydrogen-bond donors (Lipinski definition) is 1. The fourth-order valence-electron chi connectivity index (χ4n) is 1.19. The van der Waals surface area contributed by atoms with Crippen LogP contribution >= 0.6 is 0 Å². The molecule has 0 aliphatic carbocycles. The molecule has 0 spiro atoms. The van der Waals surface area contributed by atoms with Gasteiger partial charge in [0, 0.05) is 0 Å². The lowest BCUT2D eigenvalue weighted by Crippen LogP contribution is -2.39. The summed E-state index contributed by atoms with van der Waals surface area (Å²) < 4.78 is 4.91. The van der Waals surface area contributed by atoms with E-state index in [9.17, 15) is 9.90 Å². The minimum atomic E-state index is -0.805. The van der Waals surface area contributed by atoms with Gasteiger partial charge in [-0.15, -0.1) is 0 Å². The van der Waals surface area contributed by atoms with Gasteiger partial charge in [-0.3, -0.25) is 4.79 Å². The number of rotatable bonds is 5. The van der Waals surface area contributed by atoms with Crippen molar-refractivity contribution in [1.29, 1.82) is 0 Å². The van der Waals surface area contributed by atoms with Crippen LogP contribution in [0.2, 0.25) is 0 Å². The van der Waals surface area contributed by atoms with Gasteiger partial charge in [0.05, 0.1) is 18.1 Å². The minimum Gasteiger partial charge on any atom is -0.466 e. The van der Waals surface area contributed by atoms with Gasteiger partial charge in [0.2, 0.25) is 0 Å². The van der Waals surface area contributed by atoms with Crippen molar-refractivity contribution in [2.24, 2.45) is 11.3 Å². The third-order valence-electron chi connectivity index (χ3n) is 2.33. The molecule has 14 heavy (non-hydrogen) atoms. The number of ether oxygens (including phenoxy) is 1. The SMILES string of the molecule is CCOC(=O)C(C)(C)C(O)CC(C)C. The molecule has 0 aromatic carbocycles. The third-order valence-corrected chi connectivity index (χ3v) is 2.33. The average molecular weight is 202 g/mol. The zero-order chi connectivity index (χ0) is 11.4. The number of aliphatic hydroxyl groups excluding tert-OH is 1. The molecule has 0 aliphatic rings. The lowest BCUT2D eigenvalue weighted by Gasteiger charge is -2.29. The molecule has 84 valence electrons. The maximum Gasteiger partial charge on any atom is 0.314 e. The monoisotopic (exact) mass is 202 g/mol. The second kappa shape index (κ2) is 5.35. The van der Waals surface area contributed by atoms with Gasteiger partial charge in [0.25, 0.3) is 0 Å². The average Bonchev–Trinajstić information content (AvgIpc) is 2.03. The fraction of sp³-hybridized carbons (Fsp3) is 0.909. The Bertz CT molecular complexity index is 185. The summed E-state index contributed by atoms with van der Waals surface area (Å²) in [5.74, 6) is 0.0480. The lowest BCUT2D eigenvalue weighted by atomic mass is 9.82. The largest absolute Gasteiger partial charge is 0.466 e. The molecular formula is C11H22O3. The van der Waals surface area contributed by atoms with E-state index in [4.69, 9.17) is 4.74 Å². The summed E-state index contributed by atoms with van der Waals surface area (Å²) in [6.07, 6.45) is -0.0206. The Hall–Kier alpha value is -0.570. The van der Waals surface area contributed by atoms with E-state index < -0.39 is 11.5 Å². The van der Waals surface area contributed by atoms with Gasteiger partial charge in [0.1, 0.15) is 0 Å². The third kappa shape index (κ3) is 3.66. The Balaban J connectivity index is 4.35. The Kier molecular flexibility index (Phi) is 5.13.